The summed E-state index contributed by atoms with van der Waals surface area (Å²) in [5.41, 5.74) is 0. The Kier molecular flexibility index (Phi) is 5.12. The average Bonchev–Trinajstić information content (AvgIpc) is 2.72. The first-order valence-corrected chi connectivity index (χ1v) is 7.89. The van der Waals surface area contributed by atoms with E-state index in [4.69, 9.17) is 4.74 Å². The molecule has 2 unspecified atom stereocenters. The van der Waals surface area contributed by atoms with E-state index in [-0.39, 0.29) is 17.9 Å². The summed E-state index contributed by atoms with van der Waals surface area (Å²) in [4.78, 5) is 25.9. The molecule has 1 aromatic carbocycles. The number of carbonyl (C=O) groups excluding carboxylic acids is 2. The summed E-state index contributed by atoms with van der Waals surface area (Å²) in [5, 5.41) is 2.62. The zero-order valence-electron chi connectivity index (χ0n) is 12.5. The second kappa shape index (κ2) is 6.85. The monoisotopic (exact) mass is 308 g/mol. The van der Waals surface area contributed by atoms with E-state index in [1.807, 2.05) is 31.2 Å². The van der Waals surface area contributed by atoms with Gasteiger partial charge in [0.25, 0.3) is 5.91 Å². The van der Waals surface area contributed by atoms with Crippen LogP contribution in [0.25, 0.3) is 0 Å². The predicted octanol–water partition coefficient (Wildman–Crippen LogP) is 2.36. The summed E-state index contributed by atoms with van der Waals surface area (Å²) in [7, 11) is 1.65. The van der Waals surface area contributed by atoms with Gasteiger partial charge in [-0.2, -0.15) is 0 Å². The second-order valence-electron chi connectivity index (χ2n) is 5.19. The van der Waals surface area contributed by atoms with E-state index in [9.17, 15) is 9.59 Å². The molecule has 2 atom stereocenters. The van der Waals surface area contributed by atoms with Gasteiger partial charge in [-0.05, 0) is 25.0 Å². The van der Waals surface area contributed by atoms with Crippen molar-refractivity contribution in [3.05, 3.63) is 24.3 Å². The van der Waals surface area contributed by atoms with Crippen LogP contribution >= 0.6 is 11.8 Å². The number of hydrogen-bond acceptors (Lipinski definition) is 4. The summed E-state index contributed by atoms with van der Waals surface area (Å²) >= 11 is 1.67. The van der Waals surface area contributed by atoms with Gasteiger partial charge in [-0.1, -0.05) is 19.1 Å². The molecule has 3 amide bonds. The number of carbonyl (C=O) groups is 2. The molecular weight excluding hydrogens is 288 g/mol. The molecule has 6 heteroatoms. The van der Waals surface area contributed by atoms with Crippen LogP contribution in [0.1, 0.15) is 13.8 Å². The molecular formula is C15H20N2O3S. The van der Waals surface area contributed by atoms with Gasteiger partial charge >= 0.3 is 6.03 Å². The zero-order valence-corrected chi connectivity index (χ0v) is 13.3. The van der Waals surface area contributed by atoms with Gasteiger partial charge in [0.05, 0.1) is 7.11 Å². The Labute approximate surface area is 129 Å². The normalized spacial score (nSPS) is 19.6. The molecule has 1 aromatic rings. The minimum atomic E-state index is -0.411. The molecule has 5 nitrogen and oxygen atoms in total. The van der Waals surface area contributed by atoms with Gasteiger partial charge in [-0.3, -0.25) is 9.69 Å². The maximum Gasteiger partial charge on any atom is 0.324 e. The number of ether oxygens (including phenoxy) is 1. The minimum absolute atomic E-state index is 0.144. The van der Waals surface area contributed by atoms with E-state index >= 15 is 0 Å². The molecule has 0 spiro atoms. The van der Waals surface area contributed by atoms with Crippen LogP contribution < -0.4 is 10.1 Å². The van der Waals surface area contributed by atoms with E-state index in [2.05, 4.69) is 5.32 Å². The van der Waals surface area contributed by atoms with Crippen LogP contribution in [0.3, 0.4) is 0 Å². The lowest BCUT2D eigenvalue weighted by Crippen LogP contribution is -2.35. The molecule has 1 heterocycles. The molecule has 1 aliphatic heterocycles. The average molecular weight is 308 g/mol. The van der Waals surface area contributed by atoms with Crippen LogP contribution in [0.15, 0.2) is 29.2 Å². The first-order valence-electron chi connectivity index (χ1n) is 6.90. The molecule has 0 saturated carbocycles. The molecule has 0 aromatic heterocycles. The van der Waals surface area contributed by atoms with Crippen molar-refractivity contribution in [1.82, 2.24) is 10.2 Å². The van der Waals surface area contributed by atoms with Crippen LogP contribution in [-0.2, 0) is 4.79 Å². The maximum atomic E-state index is 11.8. The lowest BCUT2D eigenvalue weighted by Gasteiger charge is -2.18. The summed E-state index contributed by atoms with van der Waals surface area (Å²) in [6.07, 6.45) is 0. The number of methoxy groups -OCH3 is 1. The molecule has 21 heavy (non-hydrogen) atoms. The van der Waals surface area contributed by atoms with E-state index in [1.165, 1.54) is 4.90 Å². The van der Waals surface area contributed by atoms with Crippen molar-refractivity contribution in [1.29, 1.82) is 0 Å². The number of hydrogen-bond donors (Lipinski definition) is 1. The van der Waals surface area contributed by atoms with E-state index in [0.717, 1.165) is 16.4 Å². The van der Waals surface area contributed by atoms with Gasteiger partial charge in [-0.15, -0.1) is 11.8 Å². The number of amides is 3. The van der Waals surface area contributed by atoms with Gasteiger partial charge in [-0.25, -0.2) is 4.79 Å². The number of nitrogens with zero attached hydrogens (tertiary/aromatic N) is 1. The molecule has 0 bridgehead atoms. The summed E-state index contributed by atoms with van der Waals surface area (Å²) in [5.74, 6) is 1.72. The fourth-order valence-corrected chi connectivity index (χ4v) is 3.20. The predicted molar refractivity (Wildman–Crippen MR) is 82.6 cm³/mol. The van der Waals surface area contributed by atoms with Gasteiger partial charge in [0.15, 0.2) is 0 Å². The molecule has 1 N–H and O–H groups in total. The number of imide groups is 1. The lowest BCUT2D eigenvalue weighted by atomic mass is 10.2. The van der Waals surface area contributed by atoms with Crippen LogP contribution in [0.2, 0.25) is 0 Å². The summed E-state index contributed by atoms with van der Waals surface area (Å²) < 4.78 is 5.31. The topological polar surface area (TPSA) is 58.6 Å². The SMILES string of the molecule is COc1ccccc1SCC(C)CN1C(=O)NC(C)C1=O. The number of para-hydroxylation sites is 1. The van der Waals surface area contributed by atoms with Crippen molar-refractivity contribution < 1.29 is 14.3 Å². The zero-order chi connectivity index (χ0) is 15.4. The Morgan fingerprint density at radius 1 is 1.38 bits per heavy atom. The molecule has 1 aliphatic rings. The van der Waals surface area contributed by atoms with Gasteiger partial charge in [0, 0.05) is 17.2 Å². The minimum Gasteiger partial charge on any atom is -0.496 e. The van der Waals surface area contributed by atoms with Crippen LogP contribution in [0.5, 0.6) is 5.75 Å². The Bertz CT molecular complexity index is 535. The third kappa shape index (κ3) is 3.69. The number of urea groups is 1. The van der Waals surface area contributed by atoms with Crippen molar-refractivity contribution in [2.75, 3.05) is 19.4 Å². The smallest absolute Gasteiger partial charge is 0.324 e. The molecule has 0 radical (unpaired) electrons. The fourth-order valence-electron chi connectivity index (χ4n) is 2.17. The number of nitrogens with one attached hydrogen (secondary N) is 1. The summed E-state index contributed by atoms with van der Waals surface area (Å²) in [6, 6.07) is 7.13. The first kappa shape index (κ1) is 15.7. The van der Waals surface area contributed by atoms with Crippen LogP contribution in [0.4, 0.5) is 4.79 Å². The summed E-state index contributed by atoms with van der Waals surface area (Å²) in [6.45, 7) is 4.18. The highest BCUT2D eigenvalue weighted by molar-refractivity contribution is 7.99. The molecule has 1 saturated heterocycles. The van der Waals surface area contributed by atoms with E-state index in [0.29, 0.717) is 6.54 Å². The maximum absolute atomic E-state index is 11.8. The van der Waals surface area contributed by atoms with Crippen molar-refractivity contribution in [3.63, 3.8) is 0 Å². The molecule has 114 valence electrons. The lowest BCUT2D eigenvalue weighted by molar-refractivity contribution is -0.127. The third-order valence-corrected chi connectivity index (χ3v) is 4.69. The number of rotatable bonds is 6. The van der Waals surface area contributed by atoms with Crippen molar-refractivity contribution in [2.24, 2.45) is 5.92 Å². The number of benzene rings is 1. The first-order chi connectivity index (χ1) is 10.0. The van der Waals surface area contributed by atoms with Gasteiger partial charge in [0.2, 0.25) is 0 Å². The second-order valence-corrected chi connectivity index (χ2v) is 6.25. The highest BCUT2D eigenvalue weighted by Crippen LogP contribution is 2.30. The highest BCUT2D eigenvalue weighted by Gasteiger charge is 2.35. The van der Waals surface area contributed by atoms with Gasteiger partial charge < -0.3 is 10.1 Å². The van der Waals surface area contributed by atoms with Crippen molar-refractivity contribution in [2.45, 2.75) is 24.8 Å². The largest absolute Gasteiger partial charge is 0.496 e. The Balaban J connectivity index is 1.89. The molecule has 0 aliphatic carbocycles. The van der Waals surface area contributed by atoms with Crippen LogP contribution in [0, 0.1) is 5.92 Å². The molecule has 1 fully saturated rings. The Hall–Kier alpha value is -1.69. The fraction of sp³-hybridized carbons (Fsp3) is 0.467. The quantitative estimate of drug-likeness (QED) is 0.647. The van der Waals surface area contributed by atoms with Crippen molar-refractivity contribution in [3.8, 4) is 5.75 Å². The number of thioether (sulfide) groups is 1. The third-order valence-electron chi connectivity index (χ3n) is 3.31. The standard InChI is InChI=1S/C15H20N2O3S/c1-10(8-17-14(18)11(2)16-15(17)19)9-21-13-7-5-4-6-12(13)20-3/h4-7,10-11H,8-9H2,1-3H3,(H,16,19). The van der Waals surface area contributed by atoms with Crippen molar-refractivity contribution >= 4 is 23.7 Å². The highest BCUT2D eigenvalue weighted by atomic mass is 32.2. The van der Waals surface area contributed by atoms with Gasteiger partial charge in [0.1, 0.15) is 11.8 Å². The Morgan fingerprint density at radius 3 is 2.71 bits per heavy atom. The van der Waals surface area contributed by atoms with E-state index in [1.54, 1.807) is 25.8 Å². The molecule has 2 rings (SSSR count). The van der Waals surface area contributed by atoms with E-state index < -0.39 is 6.04 Å². The van der Waals surface area contributed by atoms with Crippen LogP contribution in [-0.4, -0.2) is 42.3 Å². The Morgan fingerprint density at radius 2 is 2.10 bits per heavy atom.